The van der Waals surface area contributed by atoms with E-state index in [2.05, 4.69) is 0 Å². The molecule has 0 aliphatic carbocycles. The van der Waals surface area contributed by atoms with Crippen molar-refractivity contribution in [3.05, 3.63) is 82.4 Å². The predicted octanol–water partition coefficient (Wildman–Crippen LogP) is 4.49. The monoisotopic (exact) mass is 634 g/mol. The van der Waals surface area contributed by atoms with Gasteiger partial charge in [0.2, 0.25) is 0 Å². The minimum Gasteiger partial charge on any atom is -0.508 e. The number of aliphatic hydroxyl groups excluding tert-OH is 2. The molecule has 46 heavy (non-hydrogen) atoms. The molecule has 6 rings (SSSR count). The van der Waals surface area contributed by atoms with Crippen LogP contribution < -0.4 is 9.47 Å². The van der Waals surface area contributed by atoms with Gasteiger partial charge in [-0.25, -0.2) is 0 Å². The van der Waals surface area contributed by atoms with Crippen molar-refractivity contribution in [3.8, 4) is 57.5 Å². The average Bonchev–Trinajstić information content (AvgIpc) is 2.97. The Hall–Kier alpha value is -5.20. The molecule has 0 saturated heterocycles. The summed E-state index contributed by atoms with van der Waals surface area (Å²) in [6, 6.07) is 11.2. The van der Waals surface area contributed by atoms with Gasteiger partial charge in [0, 0.05) is 52.1 Å². The third-order valence-electron chi connectivity index (χ3n) is 9.20. The average molecular weight is 635 g/mol. The third kappa shape index (κ3) is 4.68. The van der Waals surface area contributed by atoms with Gasteiger partial charge < -0.3 is 60.5 Å². The van der Waals surface area contributed by atoms with E-state index in [-0.39, 0.29) is 51.0 Å². The molecule has 4 aromatic rings. The van der Waals surface area contributed by atoms with Crippen molar-refractivity contribution in [3.63, 3.8) is 0 Å². The van der Waals surface area contributed by atoms with Crippen molar-refractivity contribution in [2.45, 2.75) is 62.4 Å². The molecule has 10 N–H and O–H groups in total. The normalized spacial score (nSPS) is 23.9. The molecule has 0 amide bonds. The van der Waals surface area contributed by atoms with Crippen LogP contribution in [0.25, 0.3) is 0 Å². The Morgan fingerprint density at radius 1 is 0.565 bits per heavy atom. The fraction of sp³-hybridized carbons (Fsp3) is 0.294. The topological polar surface area (TPSA) is 221 Å². The van der Waals surface area contributed by atoms with Crippen LogP contribution >= 0.6 is 0 Å². The van der Waals surface area contributed by atoms with E-state index in [1.54, 1.807) is 20.8 Å². The van der Waals surface area contributed by atoms with Crippen LogP contribution in [0.2, 0.25) is 0 Å². The number of rotatable bonds is 4. The Morgan fingerprint density at radius 3 is 1.67 bits per heavy atom. The highest BCUT2D eigenvalue weighted by Gasteiger charge is 2.52. The molecule has 0 radical (unpaired) electrons. The van der Waals surface area contributed by atoms with E-state index in [4.69, 9.17) is 9.47 Å². The second kappa shape index (κ2) is 10.7. The maximum atomic E-state index is 12.0. The Morgan fingerprint density at radius 2 is 1.11 bits per heavy atom. The highest BCUT2D eigenvalue weighted by atomic mass is 16.5. The molecule has 0 spiro atoms. The standard InChI is InChI=1S/C34H34O12/c1-13-25-22(41)12-23(42)27(33(25)46-31(29(13)43)14-4-6-17(36)19(38)8-14)34(2,3)28-26-21(40)10-16(35)11-24(26)45-32(30(28)44)15-5-7-18(37)20(39)9-15/h4-13,28-32,35-44H,1-3H3. The fourth-order valence-electron chi connectivity index (χ4n) is 6.93. The van der Waals surface area contributed by atoms with Gasteiger partial charge in [0.25, 0.3) is 0 Å². The first-order valence-electron chi connectivity index (χ1n) is 14.5. The van der Waals surface area contributed by atoms with Gasteiger partial charge in [-0.2, -0.15) is 0 Å². The number of aromatic hydroxyl groups is 8. The number of hydrogen-bond acceptors (Lipinski definition) is 12. The van der Waals surface area contributed by atoms with Crippen LogP contribution in [0.15, 0.2) is 54.6 Å². The van der Waals surface area contributed by atoms with Crippen LogP contribution in [-0.4, -0.2) is 63.3 Å². The summed E-state index contributed by atoms with van der Waals surface area (Å²) in [6.07, 6.45) is -5.05. The van der Waals surface area contributed by atoms with E-state index in [1.165, 1.54) is 42.5 Å². The molecule has 6 atom stereocenters. The van der Waals surface area contributed by atoms with Gasteiger partial charge >= 0.3 is 0 Å². The highest BCUT2D eigenvalue weighted by Crippen LogP contribution is 2.60. The Balaban J connectivity index is 1.56. The van der Waals surface area contributed by atoms with E-state index in [9.17, 15) is 51.1 Å². The maximum Gasteiger partial charge on any atom is 0.157 e. The van der Waals surface area contributed by atoms with Crippen molar-refractivity contribution in [1.29, 1.82) is 0 Å². The molecule has 6 unspecified atom stereocenters. The minimum absolute atomic E-state index is 0.00444. The summed E-state index contributed by atoms with van der Waals surface area (Å²) in [4.78, 5) is 0. The number of aliphatic hydroxyl groups is 2. The van der Waals surface area contributed by atoms with Crippen molar-refractivity contribution >= 4 is 0 Å². The van der Waals surface area contributed by atoms with Crippen molar-refractivity contribution in [1.82, 2.24) is 0 Å². The van der Waals surface area contributed by atoms with Crippen LogP contribution in [0.4, 0.5) is 0 Å². The van der Waals surface area contributed by atoms with E-state index >= 15 is 0 Å². The van der Waals surface area contributed by atoms with Gasteiger partial charge in [0.15, 0.2) is 35.2 Å². The van der Waals surface area contributed by atoms with E-state index in [0.29, 0.717) is 5.56 Å². The molecular formula is C34H34O12. The Bertz CT molecular complexity index is 1850. The molecule has 2 heterocycles. The first kappa shape index (κ1) is 30.8. The summed E-state index contributed by atoms with van der Waals surface area (Å²) in [5, 5.41) is 107. The lowest BCUT2D eigenvalue weighted by atomic mass is 9.64. The molecule has 12 heteroatoms. The van der Waals surface area contributed by atoms with Gasteiger partial charge in [0.05, 0.1) is 0 Å². The van der Waals surface area contributed by atoms with E-state index < -0.39 is 70.4 Å². The quantitative estimate of drug-likeness (QED) is 0.140. The number of fused-ring (bicyclic) bond motifs is 2. The molecule has 12 nitrogen and oxygen atoms in total. The zero-order chi connectivity index (χ0) is 33.4. The van der Waals surface area contributed by atoms with Crippen molar-refractivity contribution in [2.75, 3.05) is 0 Å². The molecule has 4 aromatic carbocycles. The summed E-state index contributed by atoms with van der Waals surface area (Å²) < 4.78 is 12.4. The summed E-state index contributed by atoms with van der Waals surface area (Å²) in [5.41, 5.74) is -0.458. The first-order chi connectivity index (χ1) is 21.6. The molecule has 0 aromatic heterocycles. The lowest BCUT2D eigenvalue weighted by molar-refractivity contribution is -0.0213. The van der Waals surface area contributed by atoms with Crippen molar-refractivity contribution < 1.29 is 60.5 Å². The number of hydrogen-bond donors (Lipinski definition) is 10. The van der Waals surface area contributed by atoms with Crippen LogP contribution in [0.3, 0.4) is 0 Å². The number of ether oxygens (including phenoxy) is 2. The van der Waals surface area contributed by atoms with Gasteiger partial charge in [-0.1, -0.05) is 32.9 Å². The molecule has 0 fully saturated rings. The zero-order valence-corrected chi connectivity index (χ0v) is 24.9. The van der Waals surface area contributed by atoms with Crippen LogP contribution in [0.1, 0.15) is 72.6 Å². The number of phenolic OH excluding ortho intramolecular Hbond substituents is 8. The zero-order valence-electron chi connectivity index (χ0n) is 24.9. The lowest BCUT2D eigenvalue weighted by Crippen LogP contribution is -2.44. The molecular weight excluding hydrogens is 600 g/mol. The van der Waals surface area contributed by atoms with Gasteiger partial charge in [-0.3, -0.25) is 0 Å². The summed E-state index contributed by atoms with van der Waals surface area (Å²) in [5.74, 6) is -5.09. The van der Waals surface area contributed by atoms with Gasteiger partial charge in [0.1, 0.15) is 46.7 Å². The Kier molecular flexibility index (Phi) is 7.17. The lowest BCUT2D eigenvalue weighted by Gasteiger charge is -2.47. The van der Waals surface area contributed by atoms with E-state index in [1.807, 2.05) is 0 Å². The van der Waals surface area contributed by atoms with Crippen LogP contribution in [0, 0.1) is 0 Å². The first-order valence-corrected chi connectivity index (χ1v) is 14.5. The second-order valence-corrected chi connectivity index (χ2v) is 12.5. The number of phenols is 8. The SMILES string of the molecule is CC1c2c(O)cc(O)c(C(C)(C)C3c4c(O)cc(O)cc4OC(c4ccc(O)c(O)c4)C3O)c2OC(c2ccc(O)c(O)c2)C1O. The number of benzene rings is 4. The van der Waals surface area contributed by atoms with Gasteiger partial charge in [-0.05, 0) is 35.4 Å². The maximum absolute atomic E-state index is 12.0. The molecule has 242 valence electrons. The fourth-order valence-corrected chi connectivity index (χ4v) is 6.93. The minimum atomic E-state index is -1.48. The predicted molar refractivity (Wildman–Crippen MR) is 162 cm³/mol. The second-order valence-electron chi connectivity index (χ2n) is 12.5. The third-order valence-corrected chi connectivity index (χ3v) is 9.20. The summed E-state index contributed by atoms with van der Waals surface area (Å²) in [6.45, 7) is 4.98. The summed E-state index contributed by atoms with van der Waals surface area (Å²) >= 11 is 0. The summed E-state index contributed by atoms with van der Waals surface area (Å²) in [7, 11) is 0. The van der Waals surface area contributed by atoms with Crippen LogP contribution in [-0.2, 0) is 5.41 Å². The Labute approximate surface area is 262 Å². The largest absolute Gasteiger partial charge is 0.508 e. The van der Waals surface area contributed by atoms with Crippen LogP contribution in [0.5, 0.6) is 57.5 Å². The smallest absolute Gasteiger partial charge is 0.157 e. The molecule has 0 bridgehead atoms. The van der Waals surface area contributed by atoms with Crippen molar-refractivity contribution in [2.24, 2.45) is 0 Å². The van der Waals surface area contributed by atoms with E-state index in [0.717, 1.165) is 12.1 Å². The highest BCUT2D eigenvalue weighted by molar-refractivity contribution is 5.64. The molecule has 0 saturated carbocycles. The molecule has 2 aliphatic rings. The van der Waals surface area contributed by atoms with Gasteiger partial charge in [-0.15, -0.1) is 0 Å². The molecule has 2 aliphatic heterocycles.